The van der Waals surface area contributed by atoms with Gasteiger partial charge in [0.25, 0.3) is 0 Å². The Balaban J connectivity index is 0.000000406. The summed E-state index contributed by atoms with van der Waals surface area (Å²) in [7, 11) is 0. The lowest BCUT2D eigenvalue weighted by Crippen LogP contribution is -1.95. The summed E-state index contributed by atoms with van der Waals surface area (Å²) in [5.41, 5.74) is 3.22. The largest absolute Gasteiger partial charge is 0.0827 e. The van der Waals surface area contributed by atoms with Gasteiger partial charge in [0, 0.05) is 0 Å². The van der Waals surface area contributed by atoms with Gasteiger partial charge >= 0.3 is 0 Å². The molecule has 0 N–H and O–H groups in total. The third-order valence-electron chi connectivity index (χ3n) is 5.04. The van der Waals surface area contributed by atoms with E-state index in [1.54, 1.807) is 23.3 Å². The van der Waals surface area contributed by atoms with Crippen LogP contribution in [0.4, 0.5) is 0 Å². The number of benzene rings is 2. The Bertz CT molecular complexity index is 567. The van der Waals surface area contributed by atoms with Gasteiger partial charge in [-0.05, 0) is 48.9 Å². The summed E-state index contributed by atoms with van der Waals surface area (Å²) in [6.45, 7) is 4.57. The maximum Gasteiger partial charge on any atom is 0.0592 e. The predicted molar refractivity (Wildman–Crippen MR) is 128 cm³/mol. The van der Waals surface area contributed by atoms with Gasteiger partial charge in [-0.1, -0.05) is 125 Å². The van der Waals surface area contributed by atoms with Gasteiger partial charge in [0.1, 0.15) is 0 Å². The summed E-state index contributed by atoms with van der Waals surface area (Å²) < 4.78 is 0. The van der Waals surface area contributed by atoms with Gasteiger partial charge in [0.15, 0.2) is 0 Å². The quantitative estimate of drug-likeness (QED) is 0.299. The second kappa shape index (κ2) is 16.9. The molecule has 0 aliphatic rings. The van der Waals surface area contributed by atoms with E-state index in [0.29, 0.717) is 10.0 Å². The molecule has 0 aliphatic heterocycles. The minimum Gasteiger partial charge on any atom is -0.0827 e. The van der Waals surface area contributed by atoms with E-state index in [4.69, 9.17) is 23.2 Å². The lowest BCUT2D eigenvalue weighted by atomic mass is 9.96. The van der Waals surface area contributed by atoms with Crippen molar-refractivity contribution < 1.29 is 0 Å². The molecule has 0 bridgehead atoms. The highest BCUT2D eigenvalue weighted by Crippen LogP contribution is 2.19. The van der Waals surface area contributed by atoms with E-state index < -0.39 is 0 Å². The number of rotatable bonds is 12. The molecule has 2 aromatic rings. The zero-order valence-electron chi connectivity index (χ0n) is 17.9. The standard InChI is InChI=1S/C20H34.C6H4Cl2/c1-3-5-7-9-11-15-19-17-13-14-18-20(19)16-12-10-8-6-4-2;7-5-3-1-2-4-6(5)8/h13-14,17-18H,3-12,15-16H2,1-2H3;1-4H. The molecule has 0 radical (unpaired) electrons. The first kappa shape index (κ1) is 25.1. The van der Waals surface area contributed by atoms with E-state index in [1.165, 1.54) is 77.0 Å². The average Bonchev–Trinajstić information content (AvgIpc) is 2.71. The molecular formula is C26H38Cl2. The van der Waals surface area contributed by atoms with Crippen LogP contribution >= 0.6 is 23.2 Å². The van der Waals surface area contributed by atoms with E-state index in [-0.39, 0.29) is 0 Å². The van der Waals surface area contributed by atoms with Crippen LogP contribution < -0.4 is 0 Å². The van der Waals surface area contributed by atoms with Gasteiger partial charge in [-0.15, -0.1) is 0 Å². The molecule has 0 nitrogen and oxygen atoms in total. The number of hydrogen-bond donors (Lipinski definition) is 0. The molecule has 0 heterocycles. The number of hydrogen-bond acceptors (Lipinski definition) is 0. The molecule has 0 saturated carbocycles. The Hall–Kier alpha value is -0.980. The van der Waals surface area contributed by atoms with Crippen LogP contribution in [0.15, 0.2) is 48.5 Å². The van der Waals surface area contributed by atoms with Gasteiger partial charge < -0.3 is 0 Å². The van der Waals surface area contributed by atoms with Crippen LogP contribution in [0.2, 0.25) is 10.0 Å². The summed E-state index contributed by atoms with van der Waals surface area (Å²) >= 11 is 11.2. The topological polar surface area (TPSA) is 0 Å². The first-order chi connectivity index (χ1) is 13.7. The van der Waals surface area contributed by atoms with Crippen LogP contribution in [0.1, 0.15) is 89.2 Å². The average molecular weight is 421 g/mol. The van der Waals surface area contributed by atoms with Crippen LogP contribution in [0.25, 0.3) is 0 Å². The molecular weight excluding hydrogens is 383 g/mol. The lowest BCUT2D eigenvalue weighted by Gasteiger charge is -2.09. The summed E-state index contributed by atoms with van der Waals surface area (Å²) in [6, 6.07) is 16.3. The van der Waals surface area contributed by atoms with E-state index in [2.05, 4.69) is 38.1 Å². The SMILES string of the molecule is CCCCCCCc1ccccc1CCCCCCC.Clc1ccccc1Cl. The highest BCUT2D eigenvalue weighted by molar-refractivity contribution is 6.41. The first-order valence-electron chi connectivity index (χ1n) is 11.2. The zero-order chi connectivity index (χ0) is 20.5. The second-order valence-corrected chi connectivity index (χ2v) is 8.33. The molecule has 0 atom stereocenters. The second-order valence-electron chi connectivity index (χ2n) is 7.51. The smallest absolute Gasteiger partial charge is 0.0592 e. The molecule has 0 spiro atoms. The molecule has 2 aromatic carbocycles. The Morgan fingerprint density at radius 1 is 0.500 bits per heavy atom. The Morgan fingerprint density at radius 3 is 1.21 bits per heavy atom. The maximum absolute atomic E-state index is 5.58. The van der Waals surface area contributed by atoms with E-state index in [9.17, 15) is 0 Å². The van der Waals surface area contributed by atoms with Crippen LogP contribution in [-0.4, -0.2) is 0 Å². The van der Waals surface area contributed by atoms with Crippen molar-refractivity contribution in [3.8, 4) is 0 Å². The van der Waals surface area contributed by atoms with Crippen molar-refractivity contribution >= 4 is 23.2 Å². The van der Waals surface area contributed by atoms with E-state index in [1.807, 2.05) is 12.1 Å². The monoisotopic (exact) mass is 420 g/mol. The normalized spacial score (nSPS) is 10.4. The summed E-state index contributed by atoms with van der Waals surface area (Å²) in [4.78, 5) is 0. The molecule has 0 amide bonds. The third-order valence-corrected chi connectivity index (χ3v) is 5.80. The van der Waals surface area contributed by atoms with Gasteiger partial charge in [0.2, 0.25) is 0 Å². The van der Waals surface area contributed by atoms with E-state index in [0.717, 1.165) is 0 Å². The molecule has 0 fully saturated rings. The van der Waals surface area contributed by atoms with Gasteiger partial charge in [-0.25, -0.2) is 0 Å². The molecule has 0 aliphatic carbocycles. The van der Waals surface area contributed by atoms with Gasteiger partial charge in [-0.3, -0.25) is 0 Å². The lowest BCUT2D eigenvalue weighted by molar-refractivity contribution is 0.621. The van der Waals surface area contributed by atoms with Crippen molar-refractivity contribution in [1.82, 2.24) is 0 Å². The first-order valence-corrected chi connectivity index (χ1v) is 11.9. The minimum atomic E-state index is 0.606. The molecule has 0 aromatic heterocycles. The van der Waals surface area contributed by atoms with Crippen molar-refractivity contribution in [1.29, 1.82) is 0 Å². The van der Waals surface area contributed by atoms with Crippen molar-refractivity contribution in [2.24, 2.45) is 0 Å². The zero-order valence-corrected chi connectivity index (χ0v) is 19.4. The van der Waals surface area contributed by atoms with Crippen LogP contribution in [0.3, 0.4) is 0 Å². The summed E-state index contributed by atoms with van der Waals surface area (Å²) in [5.74, 6) is 0. The summed E-state index contributed by atoms with van der Waals surface area (Å²) in [5, 5.41) is 1.21. The fraction of sp³-hybridized carbons (Fsp3) is 0.538. The predicted octanol–water partition coefficient (Wildman–Crippen LogP) is 9.71. The Labute approximate surface area is 183 Å². The number of unbranched alkanes of at least 4 members (excludes halogenated alkanes) is 8. The Kier molecular flexibility index (Phi) is 15.1. The molecule has 2 heteroatoms. The molecule has 28 heavy (non-hydrogen) atoms. The Morgan fingerprint density at radius 2 is 0.857 bits per heavy atom. The third kappa shape index (κ3) is 11.8. The highest BCUT2D eigenvalue weighted by Gasteiger charge is 2.02. The van der Waals surface area contributed by atoms with Gasteiger partial charge in [0.05, 0.1) is 10.0 Å². The van der Waals surface area contributed by atoms with Crippen molar-refractivity contribution in [3.63, 3.8) is 0 Å². The highest BCUT2D eigenvalue weighted by atomic mass is 35.5. The van der Waals surface area contributed by atoms with Crippen molar-refractivity contribution in [3.05, 3.63) is 69.7 Å². The number of aryl methyl sites for hydroxylation is 2. The van der Waals surface area contributed by atoms with Crippen LogP contribution in [-0.2, 0) is 12.8 Å². The molecule has 0 saturated heterocycles. The van der Waals surface area contributed by atoms with Crippen molar-refractivity contribution in [2.45, 2.75) is 90.9 Å². The number of halogens is 2. The fourth-order valence-electron chi connectivity index (χ4n) is 3.32. The molecule has 0 unspecified atom stereocenters. The van der Waals surface area contributed by atoms with Crippen LogP contribution in [0.5, 0.6) is 0 Å². The maximum atomic E-state index is 5.58. The molecule has 156 valence electrons. The van der Waals surface area contributed by atoms with Gasteiger partial charge in [-0.2, -0.15) is 0 Å². The summed E-state index contributed by atoms with van der Waals surface area (Å²) in [6.07, 6.45) is 16.4. The van der Waals surface area contributed by atoms with Crippen LogP contribution in [0, 0.1) is 0 Å². The minimum absolute atomic E-state index is 0.606. The molecule has 2 rings (SSSR count). The fourth-order valence-corrected chi connectivity index (χ4v) is 3.59. The van der Waals surface area contributed by atoms with Crippen molar-refractivity contribution in [2.75, 3.05) is 0 Å². The van der Waals surface area contributed by atoms with E-state index >= 15 is 0 Å².